The highest BCUT2D eigenvalue weighted by Crippen LogP contribution is 2.17. The van der Waals surface area contributed by atoms with Crippen molar-refractivity contribution in [1.29, 1.82) is 0 Å². The van der Waals surface area contributed by atoms with Crippen LogP contribution in [0.15, 0.2) is 18.2 Å². The number of nitrogens with one attached hydrogen (secondary N) is 2. The second-order valence-corrected chi connectivity index (χ2v) is 4.98. The van der Waals surface area contributed by atoms with Crippen molar-refractivity contribution in [3.05, 3.63) is 29.3 Å². The molecule has 0 spiro atoms. The van der Waals surface area contributed by atoms with Gasteiger partial charge in [0.25, 0.3) is 5.91 Å². The Bertz CT molecular complexity index is 440. The van der Waals surface area contributed by atoms with Crippen LogP contribution in [-0.2, 0) is 4.74 Å². The molecule has 1 fully saturated rings. The van der Waals surface area contributed by atoms with Crippen molar-refractivity contribution >= 4 is 11.6 Å². The van der Waals surface area contributed by atoms with Crippen molar-refractivity contribution in [1.82, 2.24) is 5.32 Å². The van der Waals surface area contributed by atoms with Gasteiger partial charge < -0.3 is 15.4 Å². The molecule has 0 saturated carbocycles. The molecule has 104 valence electrons. The van der Waals surface area contributed by atoms with Crippen LogP contribution in [-0.4, -0.2) is 32.2 Å². The Morgan fingerprint density at radius 2 is 2.32 bits per heavy atom. The van der Waals surface area contributed by atoms with E-state index in [1.807, 2.05) is 32.2 Å². The first kappa shape index (κ1) is 13.9. The quantitative estimate of drug-likeness (QED) is 0.856. The number of carbonyl (C=O) groups excluding carboxylic acids is 1. The lowest BCUT2D eigenvalue weighted by Crippen LogP contribution is -2.27. The Kier molecular flexibility index (Phi) is 4.80. The molecule has 1 atom stereocenters. The molecule has 1 aliphatic rings. The second-order valence-electron chi connectivity index (χ2n) is 4.98. The van der Waals surface area contributed by atoms with Crippen LogP contribution in [0.3, 0.4) is 0 Å². The number of hydrogen-bond donors (Lipinski definition) is 2. The fraction of sp³-hybridized carbons (Fsp3) is 0.533. The molecule has 1 heterocycles. The number of ether oxygens (including phenoxy) is 1. The summed E-state index contributed by atoms with van der Waals surface area (Å²) in [6, 6.07) is 5.84. The van der Waals surface area contributed by atoms with Gasteiger partial charge >= 0.3 is 0 Å². The fourth-order valence-corrected chi connectivity index (χ4v) is 2.38. The van der Waals surface area contributed by atoms with Gasteiger partial charge in [0.2, 0.25) is 0 Å². The Morgan fingerprint density at radius 1 is 1.47 bits per heavy atom. The minimum Gasteiger partial charge on any atom is -0.387 e. The highest BCUT2D eigenvalue weighted by molar-refractivity contribution is 5.99. The largest absolute Gasteiger partial charge is 0.387 e. The third kappa shape index (κ3) is 3.70. The van der Waals surface area contributed by atoms with Crippen LogP contribution >= 0.6 is 0 Å². The van der Waals surface area contributed by atoms with E-state index in [0.29, 0.717) is 18.2 Å². The summed E-state index contributed by atoms with van der Waals surface area (Å²) < 4.78 is 5.54. The van der Waals surface area contributed by atoms with Crippen molar-refractivity contribution in [2.24, 2.45) is 0 Å². The van der Waals surface area contributed by atoms with Gasteiger partial charge in [0.1, 0.15) is 0 Å². The van der Waals surface area contributed by atoms with E-state index in [0.717, 1.165) is 37.1 Å². The molecule has 1 aromatic rings. The molecular formula is C15H22N2O2. The van der Waals surface area contributed by atoms with Gasteiger partial charge in [-0.3, -0.25) is 4.79 Å². The summed E-state index contributed by atoms with van der Waals surface area (Å²) in [5.41, 5.74) is 2.65. The van der Waals surface area contributed by atoms with E-state index in [1.54, 1.807) is 0 Å². The van der Waals surface area contributed by atoms with Crippen LogP contribution in [0.1, 0.15) is 35.2 Å². The maximum atomic E-state index is 12.2. The van der Waals surface area contributed by atoms with Crippen molar-refractivity contribution in [3.63, 3.8) is 0 Å². The van der Waals surface area contributed by atoms with E-state index in [-0.39, 0.29) is 5.91 Å². The lowest BCUT2D eigenvalue weighted by Gasteiger charge is -2.12. The van der Waals surface area contributed by atoms with E-state index >= 15 is 0 Å². The van der Waals surface area contributed by atoms with Gasteiger partial charge in [-0.15, -0.1) is 0 Å². The average Bonchev–Trinajstić information content (AvgIpc) is 2.91. The Labute approximate surface area is 114 Å². The SMILES string of the molecule is CNc1ccc(C)cc1C(=O)NCCC1CCCO1. The Balaban J connectivity index is 1.89. The van der Waals surface area contributed by atoms with Crippen LogP contribution in [0.4, 0.5) is 5.69 Å². The Morgan fingerprint density at radius 3 is 3.00 bits per heavy atom. The predicted octanol–water partition coefficient (Wildman–Crippen LogP) is 2.34. The van der Waals surface area contributed by atoms with E-state index < -0.39 is 0 Å². The molecule has 1 unspecified atom stereocenters. The highest BCUT2D eigenvalue weighted by atomic mass is 16.5. The molecule has 1 saturated heterocycles. The van der Waals surface area contributed by atoms with Gasteiger partial charge in [-0.1, -0.05) is 11.6 Å². The van der Waals surface area contributed by atoms with Crippen LogP contribution in [0.2, 0.25) is 0 Å². The van der Waals surface area contributed by atoms with Gasteiger partial charge in [-0.25, -0.2) is 0 Å². The number of amides is 1. The second kappa shape index (κ2) is 6.57. The molecule has 1 aromatic carbocycles. The highest BCUT2D eigenvalue weighted by Gasteiger charge is 2.16. The van der Waals surface area contributed by atoms with Gasteiger partial charge in [0.15, 0.2) is 0 Å². The summed E-state index contributed by atoms with van der Waals surface area (Å²) in [4.78, 5) is 12.2. The summed E-state index contributed by atoms with van der Waals surface area (Å²) >= 11 is 0. The van der Waals surface area contributed by atoms with Gasteiger partial charge in [-0.05, 0) is 38.3 Å². The zero-order chi connectivity index (χ0) is 13.7. The molecule has 0 aliphatic carbocycles. The van der Waals surface area contributed by atoms with Crippen molar-refractivity contribution in [2.75, 3.05) is 25.5 Å². The first-order valence-electron chi connectivity index (χ1n) is 6.89. The minimum atomic E-state index is -0.0222. The van der Waals surface area contributed by atoms with Crippen LogP contribution in [0.5, 0.6) is 0 Å². The van der Waals surface area contributed by atoms with Crippen molar-refractivity contribution < 1.29 is 9.53 Å². The van der Waals surface area contributed by atoms with E-state index in [4.69, 9.17) is 4.74 Å². The zero-order valence-corrected chi connectivity index (χ0v) is 11.7. The summed E-state index contributed by atoms with van der Waals surface area (Å²) in [6.45, 7) is 3.52. The van der Waals surface area contributed by atoms with E-state index in [1.165, 1.54) is 0 Å². The molecule has 0 bridgehead atoms. The summed E-state index contributed by atoms with van der Waals surface area (Å²) in [6.07, 6.45) is 3.47. The lowest BCUT2D eigenvalue weighted by molar-refractivity contribution is 0.0908. The number of carbonyl (C=O) groups is 1. The van der Waals surface area contributed by atoms with Gasteiger partial charge in [0, 0.05) is 25.9 Å². The first-order valence-corrected chi connectivity index (χ1v) is 6.89. The maximum absolute atomic E-state index is 12.2. The average molecular weight is 262 g/mol. The molecule has 4 nitrogen and oxygen atoms in total. The molecule has 0 radical (unpaired) electrons. The molecule has 19 heavy (non-hydrogen) atoms. The molecule has 4 heteroatoms. The maximum Gasteiger partial charge on any atom is 0.253 e. The van der Waals surface area contributed by atoms with Gasteiger partial charge in [-0.2, -0.15) is 0 Å². The Hall–Kier alpha value is -1.55. The van der Waals surface area contributed by atoms with Crippen molar-refractivity contribution in [3.8, 4) is 0 Å². The van der Waals surface area contributed by atoms with Crippen LogP contribution < -0.4 is 10.6 Å². The van der Waals surface area contributed by atoms with E-state index in [9.17, 15) is 4.79 Å². The van der Waals surface area contributed by atoms with Crippen molar-refractivity contribution in [2.45, 2.75) is 32.3 Å². The molecule has 1 amide bonds. The monoisotopic (exact) mass is 262 g/mol. The topological polar surface area (TPSA) is 50.4 Å². The first-order chi connectivity index (χ1) is 9.20. The smallest absolute Gasteiger partial charge is 0.253 e. The molecule has 2 N–H and O–H groups in total. The number of anilines is 1. The summed E-state index contributed by atoms with van der Waals surface area (Å²) in [5, 5.41) is 6.02. The molecule has 0 aromatic heterocycles. The van der Waals surface area contributed by atoms with Gasteiger partial charge in [0.05, 0.1) is 11.7 Å². The predicted molar refractivity (Wildman–Crippen MR) is 76.6 cm³/mol. The lowest BCUT2D eigenvalue weighted by atomic mass is 10.1. The number of rotatable bonds is 5. The van der Waals surface area contributed by atoms with Crippen LogP contribution in [0.25, 0.3) is 0 Å². The minimum absolute atomic E-state index is 0.0222. The summed E-state index contributed by atoms with van der Waals surface area (Å²) in [5.74, 6) is -0.0222. The summed E-state index contributed by atoms with van der Waals surface area (Å²) in [7, 11) is 1.83. The van der Waals surface area contributed by atoms with Crippen LogP contribution in [0, 0.1) is 6.92 Å². The molecule has 1 aliphatic heterocycles. The number of benzene rings is 1. The number of hydrogen-bond acceptors (Lipinski definition) is 3. The zero-order valence-electron chi connectivity index (χ0n) is 11.7. The molecule has 2 rings (SSSR count). The third-order valence-corrected chi connectivity index (χ3v) is 3.46. The number of aryl methyl sites for hydroxylation is 1. The third-order valence-electron chi connectivity index (χ3n) is 3.46. The standard InChI is InChI=1S/C15H22N2O2/c1-11-5-6-14(16-2)13(10-11)15(18)17-8-7-12-4-3-9-19-12/h5-6,10,12,16H,3-4,7-9H2,1-2H3,(H,17,18). The fourth-order valence-electron chi connectivity index (χ4n) is 2.38. The normalized spacial score (nSPS) is 18.3. The molecular weight excluding hydrogens is 240 g/mol. The van der Waals surface area contributed by atoms with E-state index in [2.05, 4.69) is 10.6 Å².